The van der Waals surface area contributed by atoms with E-state index in [2.05, 4.69) is 26.8 Å². The van der Waals surface area contributed by atoms with Crippen LogP contribution in [0.3, 0.4) is 0 Å². The zero-order valence-corrected chi connectivity index (χ0v) is 19.3. The smallest absolute Gasteiger partial charge is 0.383 e. The molecule has 0 atom stereocenters. The molecule has 2 aromatic carbocycles. The van der Waals surface area contributed by atoms with E-state index in [0.29, 0.717) is 23.3 Å². The molecular weight excluding hydrogens is 420 g/mol. The van der Waals surface area contributed by atoms with Crippen LogP contribution in [0.25, 0.3) is 11.0 Å². The molecule has 0 unspecified atom stereocenters. The Kier molecular flexibility index (Phi) is 8.08. The maximum atomic E-state index is 12.6. The summed E-state index contributed by atoms with van der Waals surface area (Å²) in [5, 5.41) is 0.422. The molecule has 33 heavy (non-hydrogen) atoms. The third-order valence-electron chi connectivity index (χ3n) is 4.98. The minimum Gasteiger partial charge on any atom is -0.492 e. The van der Waals surface area contributed by atoms with Crippen LogP contribution in [0, 0.1) is 0 Å². The molecule has 3 rings (SSSR count). The molecule has 0 saturated heterocycles. The average Bonchev–Trinajstić information content (AvgIpc) is 2.80. The van der Waals surface area contributed by atoms with Gasteiger partial charge in [0.2, 0.25) is 0 Å². The van der Waals surface area contributed by atoms with Crippen molar-refractivity contribution in [2.45, 2.75) is 33.6 Å². The van der Waals surface area contributed by atoms with Crippen LogP contribution in [-0.4, -0.2) is 19.7 Å². The lowest BCUT2D eigenvalue weighted by Gasteiger charge is -2.13. The summed E-state index contributed by atoms with van der Waals surface area (Å²) in [5.74, 6) is -0.457. The molecule has 0 aliphatic rings. The van der Waals surface area contributed by atoms with Crippen LogP contribution in [0.5, 0.6) is 17.2 Å². The average molecular weight is 449 g/mol. The number of hydrogen-bond acceptors (Lipinski definition) is 6. The largest absolute Gasteiger partial charge is 0.492 e. The van der Waals surface area contributed by atoms with Crippen molar-refractivity contribution in [1.82, 2.24) is 0 Å². The normalized spacial score (nSPS) is 11.2. The SMILES string of the molecule is COc1c(OC(=O)c2ccccc2)c(=O)oc2cccc(OC/C=C(\C)CCC=C(C)C)c12. The van der Waals surface area contributed by atoms with Crippen molar-refractivity contribution < 1.29 is 23.4 Å². The minimum atomic E-state index is -0.809. The molecule has 6 nitrogen and oxygen atoms in total. The fourth-order valence-electron chi connectivity index (χ4n) is 3.27. The number of carbonyl (C=O) groups is 1. The molecule has 0 aliphatic heterocycles. The second-order valence-electron chi connectivity index (χ2n) is 7.82. The van der Waals surface area contributed by atoms with Crippen molar-refractivity contribution in [3.63, 3.8) is 0 Å². The van der Waals surface area contributed by atoms with Gasteiger partial charge in [0.15, 0.2) is 5.75 Å². The van der Waals surface area contributed by atoms with Gasteiger partial charge in [-0.3, -0.25) is 0 Å². The number of benzene rings is 2. The third-order valence-corrected chi connectivity index (χ3v) is 4.98. The first kappa shape index (κ1) is 23.9. The van der Waals surface area contributed by atoms with Gasteiger partial charge in [-0.1, -0.05) is 41.5 Å². The lowest BCUT2D eigenvalue weighted by Crippen LogP contribution is -2.15. The molecule has 0 amide bonds. The summed E-state index contributed by atoms with van der Waals surface area (Å²) in [6.07, 6.45) is 6.14. The summed E-state index contributed by atoms with van der Waals surface area (Å²) in [4.78, 5) is 25.1. The first-order valence-electron chi connectivity index (χ1n) is 10.7. The number of allylic oxidation sites excluding steroid dienone is 3. The van der Waals surface area contributed by atoms with E-state index >= 15 is 0 Å². The summed E-state index contributed by atoms with van der Waals surface area (Å²) in [7, 11) is 1.40. The molecule has 1 heterocycles. The molecule has 0 aliphatic carbocycles. The zero-order chi connectivity index (χ0) is 23.8. The second kappa shape index (κ2) is 11.2. The van der Waals surface area contributed by atoms with Gasteiger partial charge in [0.1, 0.15) is 23.3 Å². The molecular formula is C27H28O6. The van der Waals surface area contributed by atoms with Crippen LogP contribution < -0.4 is 19.8 Å². The van der Waals surface area contributed by atoms with Crippen molar-refractivity contribution in [2.75, 3.05) is 13.7 Å². The van der Waals surface area contributed by atoms with E-state index in [1.165, 1.54) is 18.3 Å². The molecule has 0 fully saturated rings. The van der Waals surface area contributed by atoms with E-state index in [1.54, 1.807) is 48.5 Å². The van der Waals surface area contributed by atoms with Gasteiger partial charge in [0.05, 0.1) is 12.7 Å². The number of ether oxygens (including phenoxy) is 3. The minimum absolute atomic E-state index is 0.0883. The van der Waals surface area contributed by atoms with Gasteiger partial charge in [0, 0.05) is 0 Å². The van der Waals surface area contributed by atoms with Crippen LogP contribution >= 0.6 is 0 Å². The van der Waals surface area contributed by atoms with E-state index in [0.717, 1.165) is 12.8 Å². The Hall–Kier alpha value is -3.80. The number of fused-ring (bicyclic) bond motifs is 1. The fourth-order valence-corrected chi connectivity index (χ4v) is 3.27. The topological polar surface area (TPSA) is 75.0 Å². The van der Waals surface area contributed by atoms with Gasteiger partial charge in [-0.15, -0.1) is 0 Å². The summed E-state index contributed by atoms with van der Waals surface area (Å²) >= 11 is 0. The molecule has 0 radical (unpaired) electrons. The second-order valence-corrected chi connectivity index (χ2v) is 7.82. The van der Waals surface area contributed by atoms with Gasteiger partial charge in [-0.05, 0) is 64.0 Å². The van der Waals surface area contributed by atoms with Crippen LogP contribution in [0.15, 0.2) is 81.0 Å². The van der Waals surface area contributed by atoms with Gasteiger partial charge in [-0.2, -0.15) is 0 Å². The number of methoxy groups -OCH3 is 1. The molecule has 0 spiro atoms. The van der Waals surface area contributed by atoms with Crippen molar-refractivity contribution >= 4 is 16.9 Å². The van der Waals surface area contributed by atoms with E-state index in [-0.39, 0.29) is 17.1 Å². The lowest BCUT2D eigenvalue weighted by molar-refractivity contribution is 0.0723. The number of hydrogen-bond donors (Lipinski definition) is 0. The quantitative estimate of drug-likeness (QED) is 0.224. The van der Waals surface area contributed by atoms with Crippen LogP contribution in [-0.2, 0) is 0 Å². The highest BCUT2D eigenvalue weighted by Crippen LogP contribution is 2.39. The molecule has 172 valence electrons. The molecule has 0 bridgehead atoms. The van der Waals surface area contributed by atoms with E-state index < -0.39 is 11.6 Å². The Morgan fingerprint density at radius 3 is 2.42 bits per heavy atom. The standard InChI is InChI=1S/C27H28O6/c1-18(2)10-8-11-19(3)16-17-31-21-14-9-15-22-23(21)24(30-4)25(27(29)32-22)33-26(28)20-12-6-5-7-13-20/h5-7,9-10,12-16H,8,11,17H2,1-4H3/b19-16+. The Labute approximate surface area is 193 Å². The van der Waals surface area contributed by atoms with Crippen LogP contribution in [0.4, 0.5) is 0 Å². The summed E-state index contributed by atoms with van der Waals surface area (Å²) in [5.41, 5.74) is 2.28. The van der Waals surface area contributed by atoms with E-state index in [9.17, 15) is 9.59 Å². The first-order valence-corrected chi connectivity index (χ1v) is 10.7. The van der Waals surface area contributed by atoms with Crippen LogP contribution in [0.1, 0.15) is 44.0 Å². The number of rotatable bonds is 9. The van der Waals surface area contributed by atoms with Gasteiger partial charge in [0.25, 0.3) is 5.75 Å². The molecule has 6 heteroatoms. The van der Waals surface area contributed by atoms with Crippen molar-refractivity contribution in [3.8, 4) is 17.2 Å². The maximum Gasteiger partial charge on any atom is 0.383 e. The molecule has 0 N–H and O–H groups in total. The Balaban J connectivity index is 1.89. The van der Waals surface area contributed by atoms with Gasteiger partial charge >= 0.3 is 11.6 Å². The molecule has 3 aromatic rings. The maximum absolute atomic E-state index is 12.6. The Bertz CT molecular complexity index is 1230. The fraction of sp³-hybridized carbons (Fsp3) is 0.259. The van der Waals surface area contributed by atoms with Crippen molar-refractivity contribution in [1.29, 1.82) is 0 Å². The highest BCUT2D eigenvalue weighted by atomic mass is 16.6. The predicted octanol–water partition coefficient (Wildman–Crippen LogP) is 6.09. The highest BCUT2D eigenvalue weighted by molar-refractivity contribution is 5.95. The summed E-state index contributed by atoms with van der Waals surface area (Å²) in [6.45, 7) is 6.56. The van der Waals surface area contributed by atoms with Gasteiger partial charge < -0.3 is 18.6 Å². The summed E-state index contributed by atoms with van der Waals surface area (Å²) in [6, 6.07) is 13.5. The van der Waals surface area contributed by atoms with Gasteiger partial charge in [-0.25, -0.2) is 9.59 Å². The monoisotopic (exact) mass is 448 g/mol. The molecule has 0 saturated carbocycles. The highest BCUT2D eigenvalue weighted by Gasteiger charge is 2.23. The first-order chi connectivity index (χ1) is 15.9. The lowest BCUT2D eigenvalue weighted by atomic mass is 10.1. The predicted molar refractivity (Wildman–Crippen MR) is 128 cm³/mol. The summed E-state index contributed by atoms with van der Waals surface area (Å²) < 4.78 is 22.2. The van der Waals surface area contributed by atoms with Crippen LogP contribution in [0.2, 0.25) is 0 Å². The molecule has 1 aromatic heterocycles. The Morgan fingerprint density at radius 1 is 0.970 bits per heavy atom. The zero-order valence-electron chi connectivity index (χ0n) is 19.3. The Morgan fingerprint density at radius 2 is 1.73 bits per heavy atom. The number of carbonyl (C=O) groups excluding carboxylic acids is 1. The third kappa shape index (κ3) is 6.13. The van der Waals surface area contributed by atoms with Crippen molar-refractivity contribution in [2.24, 2.45) is 0 Å². The number of esters is 1. The van der Waals surface area contributed by atoms with E-state index in [4.69, 9.17) is 18.6 Å². The van der Waals surface area contributed by atoms with Crippen molar-refractivity contribution in [3.05, 3.63) is 87.8 Å². The van der Waals surface area contributed by atoms with E-state index in [1.807, 2.05) is 6.08 Å².